The van der Waals surface area contributed by atoms with Crippen LogP contribution in [0.3, 0.4) is 0 Å². The molecule has 0 unspecified atom stereocenters. The number of halogens is 3. The van der Waals surface area contributed by atoms with E-state index in [2.05, 4.69) is 20.2 Å². The molecule has 0 saturated heterocycles. The summed E-state index contributed by atoms with van der Waals surface area (Å²) in [6.07, 6.45) is -3.29. The number of nitrogens with zero attached hydrogens (tertiary/aromatic N) is 5. The number of pyridine rings is 2. The van der Waals surface area contributed by atoms with Crippen molar-refractivity contribution < 1.29 is 22.7 Å². The molecule has 0 bridgehead atoms. The Morgan fingerprint density at radius 1 is 1.33 bits per heavy atom. The average Bonchev–Trinajstić information content (AvgIpc) is 3.09. The van der Waals surface area contributed by atoms with Crippen molar-refractivity contribution >= 4 is 22.6 Å². The second-order valence-corrected chi connectivity index (χ2v) is 7.00. The van der Waals surface area contributed by atoms with Gasteiger partial charge in [0, 0.05) is 18.0 Å². The number of amides is 1. The number of carbonyl (C=O) groups excluding carboxylic acids is 1. The number of ether oxygens (including phenoxy) is 1. The van der Waals surface area contributed by atoms with Crippen LogP contribution in [-0.4, -0.2) is 38.0 Å². The van der Waals surface area contributed by atoms with Crippen molar-refractivity contribution in [1.82, 2.24) is 25.1 Å². The van der Waals surface area contributed by atoms with Gasteiger partial charge in [-0.3, -0.25) is 4.79 Å². The SMILES string of the molecule is C[C@@H]1OCc2c1c(N)nc1cnc(C(=O)N(C)Cc3ccc(C(F)(F)F)nn3)cc21. The Labute approximate surface area is 168 Å². The van der Waals surface area contributed by atoms with Crippen LogP contribution >= 0.6 is 0 Å². The zero-order chi connectivity index (χ0) is 21.6. The van der Waals surface area contributed by atoms with Gasteiger partial charge in [-0.05, 0) is 30.7 Å². The molecule has 8 nitrogen and oxygen atoms in total. The summed E-state index contributed by atoms with van der Waals surface area (Å²) in [5.74, 6) is -0.0440. The molecule has 0 fully saturated rings. The van der Waals surface area contributed by atoms with E-state index in [1.807, 2.05) is 6.92 Å². The minimum atomic E-state index is -4.57. The lowest BCUT2D eigenvalue weighted by atomic mass is 10.0. The molecule has 4 rings (SSSR count). The molecule has 4 heterocycles. The molecule has 0 aromatic carbocycles. The van der Waals surface area contributed by atoms with E-state index < -0.39 is 17.8 Å². The van der Waals surface area contributed by atoms with Gasteiger partial charge in [-0.15, -0.1) is 5.10 Å². The molecule has 3 aromatic rings. The van der Waals surface area contributed by atoms with Crippen molar-refractivity contribution in [3.63, 3.8) is 0 Å². The van der Waals surface area contributed by atoms with Crippen LogP contribution in [0.25, 0.3) is 10.9 Å². The minimum Gasteiger partial charge on any atom is -0.383 e. The van der Waals surface area contributed by atoms with Crippen molar-refractivity contribution in [2.24, 2.45) is 0 Å². The van der Waals surface area contributed by atoms with E-state index in [-0.39, 0.29) is 24.0 Å². The van der Waals surface area contributed by atoms with Crippen LogP contribution in [0.1, 0.15) is 46.0 Å². The van der Waals surface area contributed by atoms with Crippen LogP contribution in [-0.2, 0) is 24.1 Å². The summed E-state index contributed by atoms with van der Waals surface area (Å²) in [5.41, 5.74) is 7.55. The molecule has 2 N–H and O–H groups in total. The molecule has 0 radical (unpaired) electrons. The number of fused-ring (bicyclic) bond motifs is 3. The number of alkyl halides is 3. The lowest BCUT2D eigenvalue weighted by Gasteiger charge is -2.17. The summed E-state index contributed by atoms with van der Waals surface area (Å²) in [7, 11) is 1.50. The maximum absolute atomic E-state index is 12.8. The summed E-state index contributed by atoms with van der Waals surface area (Å²) < 4.78 is 43.5. The number of anilines is 1. The van der Waals surface area contributed by atoms with Gasteiger partial charge in [0.15, 0.2) is 5.69 Å². The minimum absolute atomic E-state index is 0.0259. The van der Waals surface area contributed by atoms with E-state index in [4.69, 9.17) is 10.5 Å². The Kier molecular flexibility index (Phi) is 4.77. The zero-order valence-corrected chi connectivity index (χ0v) is 16.1. The molecule has 1 amide bonds. The molecule has 3 aromatic heterocycles. The monoisotopic (exact) mass is 418 g/mol. The highest BCUT2D eigenvalue weighted by Gasteiger charge is 2.33. The molecule has 1 aliphatic heterocycles. The highest BCUT2D eigenvalue weighted by molar-refractivity contribution is 5.97. The highest BCUT2D eigenvalue weighted by atomic mass is 19.4. The topological polar surface area (TPSA) is 107 Å². The predicted octanol–water partition coefficient (Wildman–Crippen LogP) is 2.88. The van der Waals surface area contributed by atoms with Crippen LogP contribution in [0, 0.1) is 0 Å². The first kappa shape index (κ1) is 20.0. The average molecular weight is 418 g/mol. The van der Waals surface area contributed by atoms with Gasteiger partial charge in [0.05, 0.1) is 36.7 Å². The van der Waals surface area contributed by atoms with Crippen molar-refractivity contribution in [1.29, 1.82) is 0 Å². The molecule has 156 valence electrons. The molecule has 11 heteroatoms. The van der Waals surface area contributed by atoms with Crippen molar-refractivity contribution in [2.45, 2.75) is 32.4 Å². The smallest absolute Gasteiger partial charge is 0.383 e. The standard InChI is InChI=1S/C19H17F3N6O2/c1-9-16-12(8-30-9)11-5-13(24-6-14(11)25-17(16)23)18(29)28(2)7-10-3-4-15(27-26-10)19(20,21)22/h3-6,9H,7-8H2,1-2H3,(H2,23,25)/t9-/m0/s1. The van der Waals surface area contributed by atoms with Gasteiger partial charge in [0.2, 0.25) is 0 Å². The first-order chi connectivity index (χ1) is 14.1. The Morgan fingerprint density at radius 2 is 2.10 bits per heavy atom. The van der Waals surface area contributed by atoms with E-state index in [0.717, 1.165) is 22.6 Å². The number of nitrogen functional groups attached to an aromatic ring is 1. The fraction of sp³-hybridized carbons (Fsp3) is 0.316. The zero-order valence-electron chi connectivity index (χ0n) is 16.1. The Hall–Kier alpha value is -3.34. The van der Waals surface area contributed by atoms with Crippen LogP contribution in [0.4, 0.5) is 19.0 Å². The van der Waals surface area contributed by atoms with E-state index in [0.29, 0.717) is 17.9 Å². The summed E-state index contributed by atoms with van der Waals surface area (Å²) >= 11 is 0. The lowest BCUT2D eigenvalue weighted by Crippen LogP contribution is -2.27. The Balaban J connectivity index is 1.59. The van der Waals surface area contributed by atoms with E-state index in [9.17, 15) is 18.0 Å². The lowest BCUT2D eigenvalue weighted by molar-refractivity contribution is -0.141. The maximum atomic E-state index is 12.8. The third-order valence-corrected chi connectivity index (χ3v) is 4.91. The Morgan fingerprint density at radius 3 is 2.77 bits per heavy atom. The third kappa shape index (κ3) is 3.52. The summed E-state index contributed by atoms with van der Waals surface area (Å²) in [4.78, 5) is 22.6. The number of hydrogen-bond acceptors (Lipinski definition) is 7. The van der Waals surface area contributed by atoms with Crippen LogP contribution < -0.4 is 5.73 Å². The largest absolute Gasteiger partial charge is 0.435 e. The van der Waals surface area contributed by atoms with E-state index in [1.165, 1.54) is 24.2 Å². The molecule has 0 spiro atoms. The van der Waals surface area contributed by atoms with Crippen LogP contribution in [0.15, 0.2) is 24.4 Å². The fourth-order valence-corrected chi connectivity index (χ4v) is 3.39. The normalized spacial score (nSPS) is 16.0. The first-order valence-electron chi connectivity index (χ1n) is 9.00. The van der Waals surface area contributed by atoms with Crippen LogP contribution in [0.2, 0.25) is 0 Å². The molecule has 30 heavy (non-hydrogen) atoms. The molecule has 0 saturated carbocycles. The number of nitrogens with two attached hydrogens (primary N) is 1. The fourth-order valence-electron chi connectivity index (χ4n) is 3.39. The van der Waals surface area contributed by atoms with Gasteiger partial charge in [-0.25, -0.2) is 9.97 Å². The van der Waals surface area contributed by atoms with Crippen molar-refractivity contribution in [2.75, 3.05) is 12.8 Å². The van der Waals surface area contributed by atoms with Gasteiger partial charge in [-0.1, -0.05) is 0 Å². The molecule has 1 aliphatic rings. The summed E-state index contributed by atoms with van der Waals surface area (Å²) in [6, 6.07) is 3.64. The first-order valence-corrected chi connectivity index (χ1v) is 9.00. The third-order valence-electron chi connectivity index (χ3n) is 4.91. The molecule has 1 atom stereocenters. The van der Waals surface area contributed by atoms with Crippen molar-refractivity contribution in [3.05, 3.63) is 52.6 Å². The number of rotatable bonds is 3. The Bertz CT molecular complexity index is 1130. The summed E-state index contributed by atoms with van der Waals surface area (Å²) in [5, 5.41) is 7.45. The van der Waals surface area contributed by atoms with Gasteiger partial charge >= 0.3 is 6.18 Å². The second-order valence-electron chi connectivity index (χ2n) is 7.00. The quantitative estimate of drug-likeness (QED) is 0.697. The molecular weight excluding hydrogens is 401 g/mol. The highest BCUT2D eigenvalue weighted by Crippen LogP contribution is 2.38. The van der Waals surface area contributed by atoms with Crippen LogP contribution in [0.5, 0.6) is 0 Å². The molecular formula is C19H17F3N6O2. The summed E-state index contributed by atoms with van der Waals surface area (Å²) in [6.45, 7) is 2.21. The van der Waals surface area contributed by atoms with E-state index in [1.54, 1.807) is 6.07 Å². The molecule has 0 aliphatic carbocycles. The predicted molar refractivity (Wildman–Crippen MR) is 100.0 cm³/mol. The van der Waals surface area contributed by atoms with Gasteiger partial charge in [-0.2, -0.15) is 18.3 Å². The van der Waals surface area contributed by atoms with Crippen molar-refractivity contribution in [3.8, 4) is 0 Å². The van der Waals surface area contributed by atoms with Gasteiger partial charge < -0.3 is 15.4 Å². The second kappa shape index (κ2) is 7.17. The van der Waals surface area contributed by atoms with E-state index >= 15 is 0 Å². The van der Waals surface area contributed by atoms with Gasteiger partial charge in [0.1, 0.15) is 11.5 Å². The maximum Gasteiger partial charge on any atom is 0.435 e. The number of aromatic nitrogens is 4. The number of carbonyl (C=O) groups is 1. The van der Waals surface area contributed by atoms with Gasteiger partial charge in [0.25, 0.3) is 5.91 Å². The number of hydrogen-bond donors (Lipinski definition) is 1.